The maximum atomic E-state index is 12.8. The fourth-order valence-electron chi connectivity index (χ4n) is 2.82. The number of aryl methyl sites for hydroxylation is 1. The van der Waals surface area contributed by atoms with Crippen LogP contribution in [0.4, 0.5) is 0 Å². The minimum absolute atomic E-state index is 0.0568. The van der Waals surface area contributed by atoms with Gasteiger partial charge in [-0.2, -0.15) is 5.26 Å². The number of benzene rings is 1. The Labute approximate surface area is 148 Å². The molecule has 0 saturated carbocycles. The van der Waals surface area contributed by atoms with Crippen molar-refractivity contribution in [1.29, 1.82) is 5.26 Å². The number of nitriles is 1. The zero-order valence-electron chi connectivity index (χ0n) is 12.9. The maximum absolute atomic E-state index is 12.8. The number of hydrogen-bond donors (Lipinski definition) is 1. The Morgan fingerprint density at radius 2 is 1.92 bits per heavy atom. The van der Waals surface area contributed by atoms with Gasteiger partial charge in [0.2, 0.25) is 5.88 Å². The zero-order chi connectivity index (χ0) is 17.6. The molecule has 0 amide bonds. The van der Waals surface area contributed by atoms with Crippen molar-refractivity contribution in [3.63, 3.8) is 0 Å². The molecule has 1 aromatic carbocycles. The molecular formula is C17H13Cl2N3O2. The third-order valence-corrected chi connectivity index (χ3v) is 4.80. The summed E-state index contributed by atoms with van der Waals surface area (Å²) in [5.74, 6) is -0.522. The first kappa shape index (κ1) is 16.4. The molecule has 0 radical (unpaired) electrons. The molecule has 0 spiro atoms. The van der Waals surface area contributed by atoms with E-state index < -0.39 is 5.92 Å². The number of halogens is 2. The van der Waals surface area contributed by atoms with Gasteiger partial charge < -0.3 is 15.0 Å². The van der Waals surface area contributed by atoms with E-state index in [1.165, 1.54) is 4.57 Å². The van der Waals surface area contributed by atoms with Crippen LogP contribution in [0.1, 0.15) is 22.7 Å². The van der Waals surface area contributed by atoms with Crippen LogP contribution >= 0.6 is 23.2 Å². The summed E-state index contributed by atoms with van der Waals surface area (Å²) in [7, 11) is 1.65. The molecule has 1 aromatic heterocycles. The smallest absolute Gasteiger partial charge is 0.258 e. The Kier molecular flexibility index (Phi) is 4.04. The number of ether oxygens (including phenoxy) is 1. The molecule has 3 rings (SSSR count). The third kappa shape index (κ3) is 2.35. The summed E-state index contributed by atoms with van der Waals surface area (Å²) in [6.07, 6.45) is 0. The van der Waals surface area contributed by atoms with E-state index in [-0.39, 0.29) is 17.0 Å². The first-order valence-corrected chi connectivity index (χ1v) is 7.84. The van der Waals surface area contributed by atoms with Crippen LogP contribution in [0.15, 0.2) is 40.5 Å². The van der Waals surface area contributed by atoms with Gasteiger partial charge in [0.05, 0.1) is 11.5 Å². The standard InChI is InChI=1S/C17H13Cl2N3O2/c1-8-6-12-15(17(23)22(8)2)13(9(7-20)16(21)24-12)14-10(18)4-3-5-11(14)19/h3-6,13H,21H2,1-2H3/t13-/m0/s1. The molecule has 0 aliphatic carbocycles. The van der Waals surface area contributed by atoms with E-state index in [9.17, 15) is 10.1 Å². The second-order valence-corrected chi connectivity index (χ2v) is 6.30. The highest BCUT2D eigenvalue weighted by Crippen LogP contribution is 2.45. The van der Waals surface area contributed by atoms with Crippen LogP contribution in [-0.4, -0.2) is 4.57 Å². The first-order valence-electron chi connectivity index (χ1n) is 7.08. The van der Waals surface area contributed by atoms with Crippen molar-refractivity contribution in [2.75, 3.05) is 0 Å². The number of pyridine rings is 1. The highest BCUT2D eigenvalue weighted by atomic mass is 35.5. The van der Waals surface area contributed by atoms with Crippen LogP contribution in [-0.2, 0) is 7.05 Å². The van der Waals surface area contributed by atoms with Gasteiger partial charge in [0.1, 0.15) is 17.4 Å². The summed E-state index contributed by atoms with van der Waals surface area (Å²) in [6, 6.07) is 8.73. The van der Waals surface area contributed by atoms with E-state index in [4.69, 9.17) is 33.7 Å². The van der Waals surface area contributed by atoms with Gasteiger partial charge >= 0.3 is 0 Å². The van der Waals surface area contributed by atoms with Gasteiger partial charge in [0.15, 0.2) is 0 Å². The van der Waals surface area contributed by atoms with Crippen LogP contribution in [0.2, 0.25) is 10.0 Å². The topological polar surface area (TPSA) is 81.0 Å². The predicted molar refractivity (Wildman–Crippen MR) is 92.2 cm³/mol. The Morgan fingerprint density at radius 1 is 1.29 bits per heavy atom. The third-order valence-electron chi connectivity index (χ3n) is 4.14. The van der Waals surface area contributed by atoms with Crippen LogP contribution in [0.25, 0.3) is 0 Å². The van der Waals surface area contributed by atoms with Crippen molar-refractivity contribution in [2.45, 2.75) is 12.8 Å². The van der Waals surface area contributed by atoms with Crippen molar-refractivity contribution < 1.29 is 4.74 Å². The molecule has 2 aromatic rings. The molecule has 0 unspecified atom stereocenters. The molecule has 24 heavy (non-hydrogen) atoms. The molecule has 0 saturated heterocycles. The number of nitrogens with two attached hydrogens (primary N) is 1. The Bertz CT molecular complexity index is 966. The molecule has 5 nitrogen and oxygen atoms in total. The zero-order valence-corrected chi connectivity index (χ0v) is 14.4. The van der Waals surface area contributed by atoms with Gasteiger partial charge in [0.25, 0.3) is 5.56 Å². The lowest BCUT2D eigenvalue weighted by molar-refractivity contribution is 0.389. The molecule has 122 valence electrons. The highest BCUT2D eigenvalue weighted by molar-refractivity contribution is 6.36. The van der Waals surface area contributed by atoms with E-state index >= 15 is 0 Å². The summed E-state index contributed by atoms with van der Waals surface area (Å²) in [6.45, 7) is 1.78. The molecule has 2 N–H and O–H groups in total. The lowest BCUT2D eigenvalue weighted by Crippen LogP contribution is -2.31. The second kappa shape index (κ2) is 5.90. The van der Waals surface area contributed by atoms with E-state index in [2.05, 4.69) is 0 Å². The summed E-state index contributed by atoms with van der Waals surface area (Å²) >= 11 is 12.6. The lowest BCUT2D eigenvalue weighted by Gasteiger charge is -2.27. The molecule has 0 bridgehead atoms. The van der Waals surface area contributed by atoms with Gasteiger partial charge in [-0.3, -0.25) is 4.79 Å². The molecule has 2 heterocycles. The lowest BCUT2D eigenvalue weighted by atomic mass is 9.84. The van der Waals surface area contributed by atoms with Gasteiger partial charge in [-0.15, -0.1) is 0 Å². The summed E-state index contributed by atoms with van der Waals surface area (Å²) in [5, 5.41) is 10.3. The Morgan fingerprint density at radius 3 is 2.50 bits per heavy atom. The van der Waals surface area contributed by atoms with E-state index in [0.717, 1.165) is 0 Å². The largest absolute Gasteiger partial charge is 0.440 e. The van der Waals surface area contributed by atoms with Gasteiger partial charge in [-0.1, -0.05) is 29.3 Å². The minimum atomic E-state index is -0.778. The Hall–Kier alpha value is -2.42. The van der Waals surface area contributed by atoms with Gasteiger partial charge in [-0.05, 0) is 19.1 Å². The quantitative estimate of drug-likeness (QED) is 0.845. The number of aromatic nitrogens is 1. The van der Waals surface area contributed by atoms with E-state index in [1.807, 2.05) is 6.07 Å². The molecule has 1 aliphatic heterocycles. The van der Waals surface area contributed by atoms with Crippen LogP contribution in [0, 0.1) is 18.3 Å². The Balaban J connectivity index is 2.43. The molecular weight excluding hydrogens is 349 g/mol. The fraction of sp³-hybridized carbons (Fsp3) is 0.176. The minimum Gasteiger partial charge on any atom is -0.440 e. The molecule has 1 atom stereocenters. The number of nitrogens with zero attached hydrogens (tertiary/aromatic N) is 2. The molecule has 0 fully saturated rings. The summed E-state index contributed by atoms with van der Waals surface area (Å²) in [5.41, 5.74) is 7.20. The molecule has 7 heteroatoms. The van der Waals surface area contributed by atoms with Crippen molar-refractivity contribution in [2.24, 2.45) is 12.8 Å². The van der Waals surface area contributed by atoms with E-state index in [1.54, 1.807) is 38.2 Å². The van der Waals surface area contributed by atoms with Crippen molar-refractivity contribution in [3.8, 4) is 11.8 Å². The highest BCUT2D eigenvalue weighted by Gasteiger charge is 2.36. The van der Waals surface area contributed by atoms with Crippen LogP contribution in [0.5, 0.6) is 5.75 Å². The van der Waals surface area contributed by atoms with Crippen LogP contribution in [0.3, 0.4) is 0 Å². The average molecular weight is 362 g/mol. The summed E-state index contributed by atoms with van der Waals surface area (Å²) < 4.78 is 7.00. The average Bonchev–Trinajstić information content (AvgIpc) is 2.52. The first-order chi connectivity index (χ1) is 11.4. The summed E-state index contributed by atoms with van der Waals surface area (Å²) in [4.78, 5) is 12.8. The SMILES string of the molecule is Cc1cc2c(c(=O)n1C)[C@H](c1c(Cl)cccc1Cl)C(C#N)=C(N)O2. The monoisotopic (exact) mass is 361 g/mol. The maximum Gasteiger partial charge on any atom is 0.258 e. The van der Waals surface area contributed by atoms with Crippen molar-refractivity contribution in [3.05, 3.63) is 72.9 Å². The number of hydrogen-bond acceptors (Lipinski definition) is 4. The van der Waals surface area contributed by atoms with Gasteiger partial charge in [-0.25, -0.2) is 0 Å². The number of rotatable bonds is 1. The number of fused-ring (bicyclic) bond motifs is 1. The molecule has 1 aliphatic rings. The second-order valence-electron chi connectivity index (χ2n) is 5.49. The number of allylic oxidation sites excluding steroid dienone is 1. The van der Waals surface area contributed by atoms with E-state index in [0.29, 0.717) is 32.6 Å². The normalized spacial score (nSPS) is 16.4. The van der Waals surface area contributed by atoms with Crippen molar-refractivity contribution in [1.82, 2.24) is 4.57 Å². The van der Waals surface area contributed by atoms with Gasteiger partial charge in [0, 0.05) is 34.4 Å². The van der Waals surface area contributed by atoms with Crippen LogP contribution < -0.4 is 16.0 Å². The fourth-order valence-corrected chi connectivity index (χ4v) is 3.43. The predicted octanol–water partition coefficient (Wildman–Crippen LogP) is 3.22. The van der Waals surface area contributed by atoms with Crippen molar-refractivity contribution >= 4 is 23.2 Å².